The van der Waals surface area contributed by atoms with Crippen LogP contribution in [0.25, 0.3) is 10.8 Å². The molecule has 2 aliphatic rings. The van der Waals surface area contributed by atoms with Crippen molar-refractivity contribution >= 4 is 22.4 Å². The minimum absolute atomic E-state index is 0.0201. The van der Waals surface area contributed by atoms with Crippen molar-refractivity contribution in [3.05, 3.63) is 66.2 Å². The number of carbonyl (C=O) groups excluding carboxylic acids is 1. The van der Waals surface area contributed by atoms with Crippen molar-refractivity contribution in [3.8, 4) is 11.5 Å². The number of carbonyl (C=O) groups is 1. The lowest BCUT2D eigenvalue weighted by Crippen LogP contribution is -2.38. The zero-order valence-electron chi connectivity index (χ0n) is 18.1. The van der Waals surface area contributed by atoms with Gasteiger partial charge in [-0.25, -0.2) is 0 Å². The normalized spacial score (nSPS) is 19.3. The second kappa shape index (κ2) is 7.80. The minimum atomic E-state index is -0.0201. The first-order valence-corrected chi connectivity index (χ1v) is 10.9. The highest BCUT2D eigenvalue weighted by molar-refractivity contribution is 6.09. The van der Waals surface area contributed by atoms with Gasteiger partial charge in [-0.3, -0.25) is 4.79 Å². The van der Waals surface area contributed by atoms with Crippen LogP contribution in [0.3, 0.4) is 0 Å². The van der Waals surface area contributed by atoms with Crippen LogP contribution in [0.2, 0.25) is 0 Å². The molecule has 1 unspecified atom stereocenters. The first kappa shape index (κ1) is 19.7. The molecule has 1 aliphatic carbocycles. The van der Waals surface area contributed by atoms with Gasteiger partial charge in [-0.2, -0.15) is 0 Å². The Bertz CT molecular complexity index is 1100. The Labute approximate surface area is 183 Å². The number of amides is 1. The second-order valence-electron chi connectivity index (χ2n) is 8.64. The van der Waals surface area contributed by atoms with E-state index in [0.717, 1.165) is 54.6 Å². The molecule has 1 heterocycles. The largest absolute Gasteiger partial charge is 0.497 e. The molecule has 5 rings (SSSR count). The van der Waals surface area contributed by atoms with E-state index in [2.05, 4.69) is 40.5 Å². The average molecular weight is 417 g/mol. The van der Waals surface area contributed by atoms with Crippen LogP contribution < -0.4 is 19.7 Å². The topological polar surface area (TPSA) is 50.8 Å². The van der Waals surface area contributed by atoms with Gasteiger partial charge in [0.15, 0.2) is 0 Å². The molecule has 3 aromatic rings. The first-order chi connectivity index (χ1) is 15.1. The molecule has 1 saturated carbocycles. The molecule has 2 fully saturated rings. The molecule has 1 N–H and O–H groups in total. The van der Waals surface area contributed by atoms with Crippen LogP contribution >= 0.6 is 0 Å². The lowest BCUT2D eigenvalue weighted by molar-refractivity contribution is 0.0945. The maximum absolute atomic E-state index is 13.2. The number of nitrogens with one attached hydrogen (secondary N) is 1. The fraction of sp³-hybridized carbons (Fsp3) is 0.346. The average Bonchev–Trinajstić information content (AvgIpc) is 3.49. The number of methoxy groups -OCH3 is 2. The van der Waals surface area contributed by atoms with E-state index >= 15 is 0 Å². The Morgan fingerprint density at radius 1 is 0.968 bits per heavy atom. The molecule has 1 saturated heterocycles. The van der Waals surface area contributed by atoms with Gasteiger partial charge in [0.2, 0.25) is 0 Å². The molecule has 1 atom stereocenters. The van der Waals surface area contributed by atoms with Gasteiger partial charge in [-0.1, -0.05) is 18.2 Å². The molecular weight excluding hydrogens is 388 g/mol. The smallest absolute Gasteiger partial charge is 0.252 e. The van der Waals surface area contributed by atoms with Gasteiger partial charge in [-0.05, 0) is 67.1 Å². The van der Waals surface area contributed by atoms with Crippen LogP contribution in [0.1, 0.15) is 29.6 Å². The van der Waals surface area contributed by atoms with E-state index < -0.39 is 0 Å². The van der Waals surface area contributed by atoms with Gasteiger partial charge in [0.1, 0.15) is 11.5 Å². The van der Waals surface area contributed by atoms with Gasteiger partial charge in [-0.15, -0.1) is 0 Å². The maximum Gasteiger partial charge on any atom is 0.252 e. The van der Waals surface area contributed by atoms with E-state index in [1.807, 2.05) is 30.3 Å². The molecule has 5 nitrogen and oxygen atoms in total. The van der Waals surface area contributed by atoms with Crippen molar-refractivity contribution < 1.29 is 14.3 Å². The van der Waals surface area contributed by atoms with E-state index in [9.17, 15) is 4.79 Å². The number of nitrogens with zero attached hydrogens (tertiary/aromatic N) is 1. The number of hydrogen-bond acceptors (Lipinski definition) is 4. The summed E-state index contributed by atoms with van der Waals surface area (Å²) in [4.78, 5) is 15.7. The highest BCUT2D eigenvalue weighted by Gasteiger charge is 2.55. The van der Waals surface area contributed by atoms with Crippen LogP contribution in [0.15, 0.2) is 60.7 Å². The van der Waals surface area contributed by atoms with Gasteiger partial charge in [0, 0.05) is 41.2 Å². The highest BCUT2D eigenvalue weighted by Crippen LogP contribution is 2.54. The van der Waals surface area contributed by atoms with Crippen LogP contribution in [-0.4, -0.2) is 39.3 Å². The Morgan fingerprint density at radius 3 is 2.45 bits per heavy atom. The minimum Gasteiger partial charge on any atom is -0.497 e. The van der Waals surface area contributed by atoms with Crippen molar-refractivity contribution in [2.24, 2.45) is 5.41 Å². The SMILES string of the molecule is COc1ccc2c(OC)ccc(C(=O)NC3CC34CCN(c3ccccc3)CC4)c2c1. The molecule has 0 aromatic heterocycles. The lowest BCUT2D eigenvalue weighted by atomic mass is 9.92. The molecule has 1 spiro atoms. The number of benzene rings is 3. The maximum atomic E-state index is 13.2. The molecule has 31 heavy (non-hydrogen) atoms. The van der Waals surface area contributed by atoms with E-state index in [1.54, 1.807) is 14.2 Å². The molecule has 0 radical (unpaired) electrons. The third kappa shape index (κ3) is 3.58. The summed E-state index contributed by atoms with van der Waals surface area (Å²) in [5.74, 6) is 1.46. The Kier molecular flexibility index (Phi) is 4.97. The van der Waals surface area contributed by atoms with Crippen LogP contribution in [0.4, 0.5) is 5.69 Å². The fourth-order valence-corrected chi connectivity index (χ4v) is 4.99. The fourth-order valence-electron chi connectivity index (χ4n) is 4.99. The van der Waals surface area contributed by atoms with Crippen LogP contribution in [0, 0.1) is 5.41 Å². The number of para-hydroxylation sites is 1. The van der Waals surface area contributed by atoms with Gasteiger partial charge in [0.25, 0.3) is 5.91 Å². The summed E-state index contributed by atoms with van der Waals surface area (Å²) < 4.78 is 10.9. The van der Waals surface area contributed by atoms with E-state index in [1.165, 1.54) is 5.69 Å². The van der Waals surface area contributed by atoms with E-state index in [-0.39, 0.29) is 17.4 Å². The van der Waals surface area contributed by atoms with E-state index in [0.29, 0.717) is 5.56 Å². The summed E-state index contributed by atoms with van der Waals surface area (Å²) in [7, 11) is 3.28. The lowest BCUT2D eigenvalue weighted by Gasteiger charge is -2.34. The monoisotopic (exact) mass is 416 g/mol. The Hall–Kier alpha value is -3.21. The summed E-state index contributed by atoms with van der Waals surface area (Å²) in [5, 5.41) is 5.08. The summed E-state index contributed by atoms with van der Waals surface area (Å²) in [6.45, 7) is 2.08. The summed E-state index contributed by atoms with van der Waals surface area (Å²) >= 11 is 0. The van der Waals surface area contributed by atoms with Gasteiger partial charge in [0.05, 0.1) is 14.2 Å². The molecule has 0 bridgehead atoms. The van der Waals surface area contributed by atoms with Crippen molar-refractivity contribution in [2.45, 2.75) is 25.3 Å². The number of hydrogen-bond donors (Lipinski definition) is 1. The first-order valence-electron chi connectivity index (χ1n) is 10.9. The third-order valence-corrected chi connectivity index (χ3v) is 7.02. The van der Waals surface area contributed by atoms with Crippen molar-refractivity contribution in [1.29, 1.82) is 0 Å². The Morgan fingerprint density at radius 2 is 1.74 bits per heavy atom. The molecule has 1 aliphatic heterocycles. The van der Waals surface area contributed by atoms with Crippen molar-refractivity contribution in [3.63, 3.8) is 0 Å². The summed E-state index contributed by atoms with van der Waals surface area (Å²) in [5.41, 5.74) is 2.21. The number of piperidine rings is 1. The summed E-state index contributed by atoms with van der Waals surface area (Å²) in [6, 6.07) is 20.3. The third-order valence-electron chi connectivity index (χ3n) is 7.02. The van der Waals surface area contributed by atoms with Gasteiger partial charge < -0.3 is 19.7 Å². The van der Waals surface area contributed by atoms with Crippen molar-refractivity contribution in [1.82, 2.24) is 5.32 Å². The number of anilines is 1. The van der Waals surface area contributed by atoms with E-state index in [4.69, 9.17) is 9.47 Å². The molecule has 1 amide bonds. The predicted octanol–water partition coefficient (Wildman–Crippen LogP) is 4.65. The summed E-state index contributed by atoms with van der Waals surface area (Å²) in [6.07, 6.45) is 3.30. The highest BCUT2D eigenvalue weighted by atomic mass is 16.5. The van der Waals surface area contributed by atoms with Gasteiger partial charge >= 0.3 is 0 Å². The molecule has 5 heteroatoms. The number of fused-ring (bicyclic) bond motifs is 1. The predicted molar refractivity (Wildman–Crippen MR) is 123 cm³/mol. The second-order valence-corrected chi connectivity index (χ2v) is 8.64. The number of ether oxygens (including phenoxy) is 2. The standard InChI is InChI=1S/C26H28N2O3/c1-30-19-8-9-20-22(16-19)21(10-11-23(20)31-2)25(29)27-24-17-26(24)12-14-28(15-13-26)18-6-4-3-5-7-18/h3-11,16,24H,12-15,17H2,1-2H3,(H,27,29). The quantitative estimate of drug-likeness (QED) is 0.658. The molecule has 3 aromatic carbocycles. The van der Waals surface area contributed by atoms with Crippen molar-refractivity contribution in [2.75, 3.05) is 32.2 Å². The zero-order valence-corrected chi connectivity index (χ0v) is 18.1. The Balaban J connectivity index is 1.30. The van der Waals surface area contributed by atoms with Crippen LogP contribution in [0.5, 0.6) is 11.5 Å². The zero-order chi connectivity index (χ0) is 21.4. The molecule has 160 valence electrons. The van der Waals surface area contributed by atoms with Crippen LogP contribution in [-0.2, 0) is 0 Å². The molecular formula is C26H28N2O3. The number of rotatable bonds is 5.